The highest BCUT2D eigenvalue weighted by Crippen LogP contribution is 2.25. The Hall–Kier alpha value is -1.02. The van der Waals surface area contributed by atoms with E-state index in [1.54, 1.807) is 0 Å². The summed E-state index contributed by atoms with van der Waals surface area (Å²) in [6, 6.07) is -0.909. The molecule has 0 bridgehead atoms. The smallest absolute Gasteiger partial charge is 0.357 e. The van der Waals surface area contributed by atoms with Crippen LogP contribution in [0.25, 0.3) is 0 Å². The molecule has 1 rings (SSSR count). The van der Waals surface area contributed by atoms with E-state index in [1.165, 1.54) is 11.8 Å². The summed E-state index contributed by atoms with van der Waals surface area (Å²) in [7, 11) is 0. The van der Waals surface area contributed by atoms with Gasteiger partial charge in [0.05, 0.1) is 6.54 Å². The minimum absolute atomic E-state index is 0.401. The zero-order valence-corrected chi connectivity index (χ0v) is 16.2. The molecular weight excluding hydrogens is 331 g/mol. The molecule has 1 atom stereocenters. The fourth-order valence-corrected chi connectivity index (χ4v) is 3.02. The van der Waals surface area contributed by atoms with Gasteiger partial charge in [-0.25, -0.2) is 0 Å². The average molecular weight is 365 g/mol. The lowest BCUT2D eigenvalue weighted by Gasteiger charge is -2.39. The van der Waals surface area contributed by atoms with E-state index < -0.39 is 12.2 Å². The van der Waals surface area contributed by atoms with Crippen LogP contribution >= 0.6 is 0 Å². The number of nitrogens with zero attached hydrogens (tertiary/aromatic N) is 4. The van der Waals surface area contributed by atoms with Crippen molar-refractivity contribution in [1.29, 1.82) is 0 Å². The molecule has 8 heteroatoms. The zero-order valence-electron chi connectivity index (χ0n) is 16.2. The second-order valence-electron chi connectivity index (χ2n) is 6.70. The highest BCUT2D eigenvalue weighted by molar-refractivity contribution is 5.80. The lowest BCUT2D eigenvalue weighted by molar-refractivity contribution is -0.181. The molecule has 0 saturated carbocycles. The van der Waals surface area contributed by atoms with Crippen LogP contribution < -0.4 is 5.32 Å². The Morgan fingerprint density at radius 2 is 1.72 bits per heavy atom. The first-order valence-corrected chi connectivity index (χ1v) is 9.28. The molecule has 0 aromatic heterocycles. The molecule has 0 spiro atoms. The van der Waals surface area contributed by atoms with Crippen molar-refractivity contribution in [1.82, 2.24) is 20.0 Å². The molecule has 0 radical (unpaired) electrons. The third-order valence-electron chi connectivity index (χ3n) is 4.76. The van der Waals surface area contributed by atoms with Gasteiger partial charge < -0.3 is 10.2 Å². The molecule has 0 aromatic rings. The first-order valence-electron chi connectivity index (χ1n) is 9.28. The van der Waals surface area contributed by atoms with Gasteiger partial charge in [-0.15, -0.1) is 0 Å². The van der Waals surface area contributed by atoms with Crippen molar-refractivity contribution in [2.75, 3.05) is 52.4 Å². The number of likely N-dealkylation sites (N-methyl/N-ethyl adjacent to an activating group) is 1. The number of nitrogens with one attached hydrogen (secondary N) is 1. The highest BCUT2D eigenvalue weighted by atomic mass is 19.4. The highest BCUT2D eigenvalue weighted by Gasteiger charge is 2.41. The van der Waals surface area contributed by atoms with Crippen molar-refractivity contribution in [2.45, 2.75) is 52.9 Å². The van der Waals surface area contributed by atoms with E-state index in [-0.39, 0.29) is 0 Å². The molecule has 1 heterocycles. The number of alkyl halides is 3. The van der Waals surface area contributed by atoms with Crippen LogP contribution in [0.3, 0.4) is 0 Å². The third kappa shape index (κ3) is 7.01. The van der Waals surface area contributed by atoms with Crippen LogP contribution in [0.2, 0.25) is 0 Å². The number of hydrogen-bond acceptors (Lipinski definition) is 3. The fraction of sp³-hybridized carbons (Fsp3) is 0.941. The average Bonchev–Trinajstić information content (AvgIpc) is 2.56. The monoisotopic (exact) mass is 365 g/mol. The molecule has 1 saturated heterocycles. The molecule has 0 aromatic carbocycles. The van der Waals surface area contributed by atoms with Crippen molar-refractivity contribution in [3.8, 4) is 0 Å². The van der Waals surface area contributed by atoms with Crippen molar-refractivity contribution >= 4 is 5.96 Å². The van der Waals surface area contributed by atoms with E-state index in [2.05, 4.69) is 40.9 Å². The molecule has 25 heavy (non-hydrogen) atoms. The number of rotatable bonds is 7. The lowest BCUT2D eigenvalue weighted by atomic mass is 10.2. The molecule has 1 N–H and O–H groups in total. The molecule has 1 aliphatic heterocycles. The van der Waals surface area contributed by atoms with E-state index in [0.717, 1.165) is 25.6 Å². The third-order valence-corrected chi connectivity index (χ3v) is 4.76. The molecule has 5 nitrogen and oxygen atoms in total. The van der Waals surface area contributed by atoms with Crippen LogP contribution in [0.15, 0.2) is 4.99 Å². The minimum Gasteiger partial charge on any atom is -0.357 e. The van der Waals surface area contributed by atoms with Gasteiger partial charge in [0.25, 0.3) is 0 Å². The molecule has 1 unspecified atom stereocenters. The van der Waals surface area contributed by atoms with E-state index in [1.807, 2.05) is 6.92 Å². The molecule has 0 aliphatic carbocycles. The summed E-state index contributed by atoms with van der Waals surface area (Å²) in [5.41, 5.74) is 0. The summed E-state index contributed by atoms with van der Waals surface area (Å²) in [5, 5.41) is 3.26. The summed E-state index contributed by atoms with van der Waals surface area (Å²) < 4.78 is 38.6. The van der Waals surface area contributed by atoms with Gasteiger partial charge in [-0.3, -0.25) is 14.8 Å². The maximum Gasteiger partial charge on any atom is 0.403 e. The van der Waals surface area contributed by atoms with Gasteiger partial charge >= 0.3 is 6.18 Å². The van der Waals surface area contributed by atoms with Crippen molar-refractivity contribution < 1.29 is 13.2 Å². The van der Waals surface area contributed by atoms with Gasteiger partial charge in [0.1, 0.15) is 6.04 Å². The Balaban J connectivity index is 2.59. The Morgan fingerprint density at radius 3 is 2.16 bits per heavy atom. The van der Waals surface area contributed by atoms with Gasteiger partial charge in [-0.1, -0.05) is 6.92 Å². The summed E-state index contributed by atoms with van der Waals surface area (Å²) >= 11 is 0. The summed E-state index contributed by atoms with van der Waals surface area (Å²) in [4.78, 5) is 10.6. The first-order chi connectivity index (χ1) is 11.7. The Morgan fingerprint density at radius 1 is 1.12 bits per heavy atom. The second kappa shape index (κ2) is 10.2. The molecule has 1 fully saturated rings. The van der Waals surface area contributed by atoms with Gasteiger partial charge in [-0.2, -0.15) is 13.2 Å². The van der Waals surface area contributed by atoms with Crippen molar-refractivity contribution in [2.24, 2.45) is 4.99 Å². The number of guanidine groups is 1. The van der Waals surface area contributed by atoms with Gasteiger partial charge in [0, 0.05) is 45.3 Å². The topological polar surface area (TPSA) is 34.1 Å². The Kier molecular flexibility index (Phi) is 8.99. The van der Waals surface area contributed by atoms with Crippen LogP contribution in [0.1, 0.15) is 34.6 Å². The fourth-order valence-electron chi connectivity index (χ4n) is 3.02. The maximum absolute atomic E-state index is 12.9. The van der Waals surface area contributed by atoms with Gasteiger partial charge in [0.2, 0.25) is 0 Å². The zero-order chi connectivity index (χ0) is 19.0. The number of hydrogen-bond donors (Lipinski definition) is 1. The van der Waals surface area contributed by atoms with Crippen LogP contribution in [-0.2, 0) is 0 Å². The normalized spacial score (nSPS) is 19.0. The van der Waals surface area contributed by atoms with E-state index in [9.17, 15) is 13.2 Å². The van der Waals surface area contributed by atoms with E-state index >= 15 is 0 Å². The van der Waals surface area contributed by atoms with Crippen LogP contribution in [0, 0.1) is 0 Å². The van der Waals surface area contributed by atoms with Crippen molar-refractivity contribution in [3.05, 3.63) is 0 Å². The standard InChI is InChI=1S/C17H34F3N5/c1-6-21-16(22-8-9-23(7-2)14(3)4)25-12-10-24(11-13-25)15(5)17(18,19)20/h14-15H,6-13H2,1-5H3,(H,21,22). The Bertz CT molecular complexity index is 404. The van der Waals surface area contributed by atoms with Crippen LogP contribution in [0.5, 0.6) is 0 Å². The summed E-state index contributed by atoms with van der Waals surface area (Å²) in [6.45, 7) is 14.9. The maximum atomic E-state index is 12.9. The minimum atomic E-state index is -4.17. The molecular formula is C17H34F3N5. The largest absolute Gasteiger partial charge is 0.403 e. The van der Waals surface area contributed by atoms with Crippen LogP contribution in [0.4, 0.5) is 13.2 Å². The molecule has 0 amide bonds. The van der Waals surface area contributed by atoms with E-state index in [0.29, 0.717) is 38.8 Å². The summed E-state index contributed by atoms with van der Waals surface area (Å²) in [5.74, 6) is 0.807. The van der Waals surface area contributed by atoms with Gasteiger partial charge in [0.15, 0.2) is 5.96 Å². The molecule has 148 valence electrons. The number of halogens is 3. The molecule has 1 aliphatic rings. The second-order valence-corrected chi connectivity index (χ2v) is 6.70. The number of aliphatic imine (C=N–C) groups is 1. The van der Waals surface area contributed by atoms with E-state index in [4.69, 9.17) is 0 Å². The number of piperazine rings is 1. The Labute approximate surface area is 150 Å². The lowest BCUT2D eigenvalue weighted by Crippen LogP contribution is -2.56. The van der Waals surface area contributed by atoms with Crippen LogP contribution in [-0.4, -0.2) is 91.3 Å². The quantitative estimate of drug-likeness (QED) is 0.554. The predicted molar refractivity (Wildman–Crippen MR) is 97.0 cm³/mol. The summed E-state index contributed by atoms with van der Waals surface area (Å²) in [6.07, 6.45) is -4.17. The van der Waals surface area contributed by atoms with Crippen molar-refractivity contribution in [3.63, 3.8) is 0 Å². The first kappa shape index (κ1) is 22.0. The van der Waals surface area contributed by atoms with Gasteiger partial charge in [-0.05, 0) is 34.2 Å². The predicted octanol–water partition coefficient (Wildman–Crippen LogP) is 2.25. The SMILES string of the molecule is CCNC(=NCCN(CC)C(C)C)N1CCN(C(C)C(F)(F)F)CC1.